The van der Waals surface area contributed by atoms with Gasteiger partial charge in [0, 0.05) is 18.2 Å². The van der Waals surface area contributed by atoms with E-state index in [0.29, 0.717) is 18.2 Å². The van der Waals surface area contributed by atoms with Gasteiger partial charge in [0.2, 0.25) is 0 Å². The second kappa shape index (κ2) is 5.70. The molecule has 1 aliphatic rings. The highest BCUT2D eigenvalue weighted by atomic mass is 19.1. The molecule has 1 fully saturated rings. The predicted octanol–water partition coefficient (Wildman–Crippen LogP) is 3.54. The Kier molecular flexibility index (Phi) is 4.23. The fraction of sp³-hybridized carbons (Fsp3) is 0.600. The SMILES string of the molecule is CC1CCC(N(C)Cc2cc(F)ccc2O)CC1. The van der Waals surface area contributed by atoms with E-state index in [9.17, 15) is 9.50 Å². The topological polar surface area (TPSA) is 23.5 Å². The third-order valence-corrected chi connectivity index (χ3v) is 4.07. The first-order valence-corrected chi connectivity index (χ1v) is 6.74. The summed E-state index contributed by atoms with van der Waals surface area (Å²) in [5, 5.41) is 9.73. The summed E-state index contributed by atoms with van der Waals surface area (Å²) < 4.78 is 13.2. The van der Waals surface area contributed by atoms with Crippen molar-refractivity contribution in [1.82, 2.24) is 4.90 Å². The summed E-state index contributed by atoms with van der Waals surface area (Å²) in [5.74, 6) is 0.734. The third kappa shape index (κ3) is 3.22. The maximum atomic E-state index is 13.2. The van der Waals surface area contributed by atoms with E-state index in [2.05, 4.69) is 18.9 Å². The van der Waals surface area contributed by atoms with E-state index in [0.717, 1.165) is 5.92 Å². The van der Waals surface area contributed by atoms with Crippen molar-refractivity contribution in [3.8, 4) is 5.75 Å². The van der Waals surface area contributed by atoms with Crippen LogP contribution in [-0.2, 0) is 6.54 Å². The van der Waals surface area contributed by atoms with Crippen LogP contribution in [0.5, 0.6) is 5.75 Å². The second-order valence-electron chi connectivity index (χ2n) is 5.60. The molecule has 0 aromatic heterocycles. The van der Waals surface area contributed by atoms with Crippen molar-refractivity contribution in [2.75, 3.05) is 7.05 Å². The van der Waals surface area contributed by atoms with Gasteiger partial charge in [-0.3, -0.25) is 4.90 Å². The summed E-state index contributed by atoms with van der Waals surface area (Å²) >= 11 is 0. The standard InChI is InChI=1S/C15H22FNO/c1-11-3-6-14(7-4-11)17(2)10-12-9-13(16)5-8-15(12)18/h5,8-9,11,14,18H,3-4,6-7,10H2,1-2H3. The molecule has 0 bridgehead atoms. The molecule has 1 saturated carbocycles. The highest BCUT2D eigenvalue weighted by molar-refractivity contribution is 5.32. The Morgan fingerprint density at radius 1 is 1.28 bits per heavy atom. The summed E-state index contributed by atoms with van der Waals surface area (Å²) in [6, 6.07) is 4.71. The van der Waals surface area contributed by atoms with Crippen LogP contribution in [0.1, 0.15) is 38.2 Å². The van der Waals surface area contributed by atoms with Gasteiger partial charge in [-0.15, -0.1) is 0 Å². The lowest BCUT2D eigenvalue weighted by Crippen LogP contribution is -2.34. The minimum absolute atomic E-state index is 0.187. The molecule has 1 aromatic carbocycles. The van der Waals surface area contributed by atoms with Crippen molar-refractivity contribution in [2.45, 2.75) is 45.2 Å². The molecule has 0 saturated heterocycles. The van der Waals surface area contributed by atoms with Crippen LogP contribution in [0.2, 0.25) is 0 Å². The molecular weight excluding hydrogens is 229 g/mol. The minimum Gasteiger partial charge on any atom is -0.508 e. The van der Waals surface area contributed by atoms with Crippen molar-refractivity contribution >= 4 is 0 Å². The highest BCUT2D eigenvalue weighted by Crippen LogP contribution is 2.28. The van der Waals surface area contributed by atoms with Gasteiger partial charge < -0.3 is 5.11 Å². The molecule has 1 aromatic rings. The van der Waals surface area contributed by atoms with E-state index in [1.807, 2.05) is 0 Å². The van der Waals surface area contributed by atoms with Gasteiger partial charge in [0.1, 0.15) is 11.6 Å². The van der Waals surface area contributed by atoms with E-state index in [1.54, 1.807) is 0 Å². The number of hydrogen-bond acceptors (Lipinski definition) is 2. The van der Waals surface area contributed by atoms with E-state index >= 15 is 0 Å². The lowest BCUT2D eigenvalue weighted by Gasteiger charge is -2.33. The summed E-state index contributed by atoms with van der Waals surface area (Å²) in [6.45, 7) is 2.91. The first-order chi connectivity index (χ1) is 8.56. The maximum Gasteiger partial charge on any atom is 0.123 e. The van der Waals surface area contributed by atoms with Crippen molar-refractivity contribution < 1.29 is 9.50 Å². The van der Waals surface area contributed by atoms with Crippen molar-refractivity contribution in [1.29, 1.82) is 0 Å². The van der Waals surface area contributed by atoms with Crippen LogP contribution in [-0.4, -0.2) is 23.1 Å². The van der Waals surface area contributed by atoms with E-state index in [-0.39, 0.29) is 11.6 Å². The monoisotopic (exact) mass is 251 g/mol. The van der Waals surface area contributed by atoms with Crippen LogP contribution in [0.3, 0.4) is 0 Å². The smallest absolute Gasteiger partial charge is 0.123 e. The maximum absolute atomic E-state index is 13.2. The minimum atomic E-state index is -0.284. The van der Waals surface area contributed by atoms with E-state index in [4.69, 9.17) is 0 Å². The molecule has 2 rings (SSSR count). The average molecular weight is 251 g/mol. The number of phenols is 1. The first-order valence-electron chi connectivity index (χ1n) is 6.74. The lowest BCUT2D eigenvalue weighted by atomic mass is 9.86. The van der Waals surface area contributed by atoms with Gasteiger partial charge in [0.15, 0.2) is 0 Å². The largest absolute Gasteiger partial charge is 0.508 e. The van der Waals surface area contributed by atoms with Crippen LogP contribution in [0.25, 0.3) is 0 Å². The molecule has 3 heteroatoms. The highest BCUT2D eigenvalue weighted by Gasteiger charge is 2.22. The van der Waals surface area contributed by atoms with Crippen LogP contribution >= 0.6 is 0 Å². The summed E-state index contributed by atoms with van der Waals surface area (Å²) in [5.41, 5.74) is 0.677. The Bertz CT molecular complexity index is 399. The van der Waals surface area contributed by atoms with E-state index < -0.39 is 0 Å². The zero-order chi connectivity index (χ0) is 13.1. The third-order valence-electron chi connectivity index (χ3n) is 4.07. The lowest BCUT2D eigenvalue weighted by molar-refractivity contribution is 0.162. The molecule has 0 unspecified atom stereocenters. The molecule has 0 heterocycles. The van der Waals surface area contributed by atoms with Crippen LogP contribution in [0, 0.1) is 11.7 Å². The van der Waals surface area contributed by atoms with Gasteiger partial charge in [-0.25, -0.2) is 4.39 Å². The van der Waals surface area contributed by atoms with Crippen molar-refractivity contribution in [3.63, 3.8) is 0 Å². The number of rotatable bonds is 3. The Morgan fingerprint density at radius 3 is 2.61 bits per heavy atom. The molecule has 0 radical (unpaired) electrons. The molecule has 0 amide bonds. The van der Waals surface area contributed by atoms with Gasteiger partial charge in [0.05, 0.1) is 0 Å². The Hall–Kier alpha value is -1.09. The number of phenolic OH excluding ortho intramolecular Hbond substituents is 1. The van der Waals surface area contributed by atoms with Gasteiger partial charge >= 0.3 is 0 Å². The molecule has 0 aliphatic heterocycles. The number of nitrogens with zero attached hydrogens (tertiary/aromatic N) is 1. The molecule has 0 spiro atoms. The summed E-state index contributed by atoms with van der Waals surface area (Å²) in [6.07, 6.45) is 4.94. The second-order valence-corrected chi connectivity index (χ2v) is 5.60. The molecule has 2 nitrogen and oxygen atoms in total. The molecule has 100 valence electrons. The summed E-state index contributed by atoms with van der Waals surface area (Å²) in [7, 11) is 2.06. The summed E-state index contributed by atoms with van der Waals surface area (Å²) in [4.78, 5) is 2.24. The van der Waals surface area contributed by atoms with Gasteiger partial charge in [-0.2, -0.15) is 0 Å². The Morgan fingerprint density at radius 2 is 1.94 bits per heavy atom. The Labute approximate surface area is 108 Å². The van der Waals surface area contributed by atoms with Gasteiger partial charge in [0.25, 0.3) is 0 Å². The van der Waals surface area contributed by atoms with Crippen LogP contribution in [0.15, 0.2) is 18.2 Å². The molecular formula is C15H22FNO. The fourth-order valence-corrected chi connectivity index (χ4v) is 2.76. The number of hydrogen-bond donors (Lipinski definition) is 1. The van der Waals surface area contributed by atoms with Crippen LogP contribution in [0.4, 0.5) is 4.39 Å². The van der Waals surface area contributed by atoms with Crippen molar-refractivity contribution in [3.05, 3.63) is 29.6 Å². The number of aromatic hydroxyl groups is 1. The molecule has 18 heavy (non-hydrogen) atoms. The number of halogens is 1. The average Bonchev–Trinajstić information content (AvgIpc) is 2.34. The molecule has 1 aliphatic carbocycles. The zero-order valence-electron chi connectivity index (χ0n) is 11.2. The Balaban J connectivity index is 1.98. The molecule has 1 N–H and O–H groups in total. The fourth-order valence-electron chi connectivity index (χ4n) is 2.76. The number of benzene rings is 1. The van der Waals surface area contributed by atoms with Crippen molar-refractivity contribution in [2.24, 2.45) is 5.92 Å². The van der Waals surface area contributed by atoms with E-state index in [1.165, 1.54) is 43.9 Å². The van der Waals surface area contributed by atoms with Gasteiger partial charge in [-0.05, 0) is 56.8 Å². The quantitative estimate of drug-likeness (QED) is 0.888. The first kappa shape index (κ1) is 13.3. The normalized spacial score (nSPS) is 24.4. The zero-order valence-corrected chi connectivity index (χ0v) is 11.2. The van der Waals surface area contributed by atoms with Gasteiger partial charge in [-0.1, -0.05) is 6.92 Å². The molecule has 0 atom stereocenters. The van der Waals surface area contributed by atoms with Crippen LogP contribution < -0.4 is 0 Å². The predicted molar refractivity (Wildman–Crippen MR) is 71.0 cm³/mol.